The van der Waals surface area contributed by atoms with Gasteiger partial charge >= 0.3 is 0 Å². The average molecular weight is 361 g/mol. The maximum Gasteiger partial charge on any atom is 0.239 e. The van der Waals surface area contributed by atoms with E-state index in [1.54, 1.807) is 18.2 Å². The first-order chi connectivity index (χ1) is 12.4. The number of nitrogens with one attached hydrogen (secondary N) is 1. The van der Waals surface area contributed by atoms with Gasteiger partial charge in [0.1, 0.15) is 5.82 Å². The van der Waals surface area contributed by atoms with Crippen LogP contribution in [0.3, 0.4) is 0 Å². The number of hydrogen-bond donors (Lipinski definition) is 1. The van der Waals surface area contributed by atoms with E-state index in [0.717, 1.165) is 0 Å². The van der Waals surface area contributed by atoms with Crippen molar-refractivity contribution in [3.8, 4) is 11.3 Å². The minimum absolute atomic E-state index is 0.0274. The fourth-order valence-corrected chi connectivity index (χ4v) is 2.50. The summed E-state index contributed by atoms with van der Waals surface area (Å²) in [6.45, 7) is 6.02. The van der Waals surface area contributed by atoms with Gasteiger partial charge in [0.2, 0.25) is 11.8 Å². The molecule has 0 aliphatic rings. The van der Waals surface area contributed by atoms with Crippen LogP contribution < -0.4 is 5.32 Å². The second-order valence-electron chi connectivity index (χ2n) is 6.23. The number of amides is 2. The molecule has 1 aromatic carbocycles. The Kier molecular flexibility index (Phi) is 6.89. The van der Waals surface area contributed by atoms with Crippen LogP contribution in [-0.2, 0) is 16.0 Å². The lowest BCUT2D eigenvalue weighted by Gasteiger charge is -2.20. The molecule has 7 heteroatoms. The van der Waals surface area contributed by atoms with Crippen molar-refractivity contribution in [1.29, 1.82) is 0 Å². The van der Waals surface area contributed by atoms with E-state index in [4.69, 9.17) is 4.42 Å². The monoisotopic (exact) mass is 361 g/mol. The van der Waals surface area contributed by atoms with Crippen molar-refractivity contribution in [2.24, 2.45) is 0 Å². The summed E-state index contributed by atoms with van der Waals surface area (Å²) in [6, 6.07) is 6.30. The molecule has 0 unspecified atom stereocenters. The van der Waals surface area contributed by atoms with Gasteiger partial charge in [-0.25, -0.2) is 9.37 Å². The Morgan fingerprint density at radius 3 is 2.69 bits per heavy atom. The van der Waals surface area contributed by atoms with Gasteiger partial charge in [0.25, 0.3) is 0 Å². The number of carbonyl (C=O) groups excluding carboxylic acids is 2. The summed E-state index contributed by atoms with van der Waals surface area (Å²) in [5, 5.41) is 2.76. The van der Waals surface area contributed by atoms with Crippen LogP contribution in [0, 0.1) is 5.82 Å². The molecule has 2 rings (SSSR count). The molecule has 0 aliphatic carbocycles. The lowest BCUT2D eigenvalue weighted by molar-refractivity contribution is -0.136. The molecule has 0 bridgehead atoms. The molecule has 2 amide bonds. The maximum absolute atomic E-state index is 13.8. The van der Waals surface area contributed by atoms with Crippen LogP contribution in [0.15, 0.2) is 34.9 Å². The third-order valence-electron chi connectivity index (χ3n) is 3.76. The van der Waals surface area contributed by atoms with Crippen LogP contribution in [0.4, 0.5) is 4.39 Å². The normalized spacial score (nSPS) is 10.8. The molecule has 2 aromatic rings. The number of aryl methyl sites for hydroxylation is 1. The van der Waals surface area contributed by atoms with Crippen molar-refractivity contribution in [2.75, 3.05) is 13.1 Å². The molecule has 0 saturated heterocycles. The number of hydrogen-bond acceptors (Lipinski definition) is 4. The number of halogens is 1. The number of aromatic nitrogens is 1. The molecule has 0 fully saturated rings. The van der Waals surface area contributed by atoms with E-state index in [2.05, 4.69) is 10.3 Å². The van der Waals surface area contributed by atoms with Crippen LogP contribution in [0.5, 0.6) is 0 Å². The zero-order chi connectivity index (χ0) is 19.1. The number of likely N-dealkylation sites (N-methyl/N-ethyl adjacent to an activating group) is 1. The molecular weight excluding hydrogens is 337 g/mol. The SMILES string of the molecule is CCN(CC(=O)NC(C)C)C(=O)CCc1ncc(-c2ccccc2F)o1. The molecule has 6 nitrogen and oxygen atoms in total. The third kappa shape index (κ3) is 5.40. The Morgan fingerprint density at radius 2 is 2.04 bits per heavy atom. The number of nitrogens with zero attached hydrogens (tertiary/aromatic N) is 2. The smallest absolute Gasteiger partial charge is 0.239 e. The Labute approximate surface area is 152 Å². The van der Waals surface area contributed by atoms with Crippen LogP contribution in [0.2, 0.25) is 0 Å². The van der Waals surface area contributed by atoms with Gasteiger partial charge in [-0.3, -0.25) is 9.59 Å². The molecule has 0 spiro atoms. The van der Waals surface area contributed by atoms with Crippen molar-refractivity contribution < 1.29 is 18.4 Å². The van der Waals surface area contributed by atoms with E-state index >= 15 is 0 Å². The molecule has 140 valence electrons. The molecule has 1 aromatic heterocycles. The largest absolute Gasteiger partial charge is 0.441 e. The van der Waals surface area contributed by atoms with Crippen molar-refractivity contribution in [1.82, 2.24) is 15.2 Å². The van der Waals surface area contributed by atoms with Crippen molar-refractivity contribution >= 4 is 11.8 Å². The van der Waals surface area contributed by atoms with Crippen LogP contribution in [0.1, 0.15) is 33.1 Å². The Hall–Kier alpha value is -2.70. The van der Waals surface area contributed by atoms with E-state index in [1.165, 1.54) is 17.2 Å². The second-order valence-corrected chi connectivity index (χ2v) is 6.23. The first-order valence-corrected chi connectivity index (χ1v) is 8.67. The highest BCUT2D eigenvalue weighted by Gasteiger charge is 2.17. The van der Waals surface area contributed by atoms with Crippen LogP contribution in [-0.4, -0.2) is 40.8 Å². The number of rotatable bonds is 8. The Morgan fingerprint density at radius 1 is 1.31 bits per heavy atom. The van der Waals surface area contributed by atoms with Gasteiger partial charge in [-0.15, -0.1) is 0 Å². The van der Waals surface area contributed by atoms with E-state index in [9.17, 15) is 14.0 Å². The molecular formula is C19H24FN3O3. The molecule has 0 radical (unpaired) electrons. The predicted octanol–water partition coefficient (Wildman–Crippen LogP) is 2.79. The summed E-state index contributed by atoms with van der Waals surface area (Å²) >= 11 is 0. The predicted molar refractivity (Wildman–Crippen MR) is 95.8 cm³/mol. The fraction of sp³-hybridized carbons (Fsp3) is 0.421. The summed E-state index contributed by atoms with van der Waals surface area (Å²) in [6.07, 6.45) is 1.90. The summed E-state index contributed by atoms with van der Waals surface area (Å²) < 4.78 is 19.3. The third-order valence-corrected chi connectivity index (χ3v) is 3.76. The topological polar surface area (TPSA) is 75.4 Å². The molecule has 0 aliphatic heterocycles. The van der Waals surface area contributed by atoms with Gasteiger partial charge in [-0.1, -0.05) is 12.1 Å². The molecule has 0 saturated carbocycles. The molecule has 1 N–H and O–H groups in total. The van der Waals surface area contributed by atoms with Crippen molar-refractivity contribution in [2.45, 2.75) is 39.7 Å². The Bertz CT molecular complexity index is 758. The zero-order valence-corrected chi connectivity index (χ0v) is 15.3. The fourth-order valence-electron chi connectivity index (χ4n) is 2.50. The standard InChI is InChI=1S/C19H24FN3O3/c1-4-23(12-17(24)22-13(2)3)19(25)10-9-18-21-11-16(26-18)14-7-5-6-8-15(14)20/h5-8,11,13H,4,9-10,12H2,1-3H3,(H,22,24). The van der Waals surface area contributed by atoms with Gasteiger partial charge in [0, 0.05) is 25.4 Å². The van der Waals surface area contributed by atoms with Gasteiger partial charge in [0.15, 0.2) is 11.7 Å². The lowest BCUT2D eigenvalue weighted by Crippen LogP contribution is -2.42. The number of carbonyl (C=O) groups is 2. The quantitative estimate of drug-likeness (QED) is 0.784. The van der Waals surface area contributed by atoms with Crippen molar-refractivity contribution in [3.05, 3.63) is 42.2 Å². The maximum atomic E-state index is 13.8. The van der Waals surface area contributed by atoms with E-state index in [-0.39, 0.29) is 43.1 Å². The highest BCUT2D eigenvalue weighted by molar-refractivity contribution is 5.84. The summed E-state index contributed by atoms with van der Waals surface area (Å²) in [4.78, 5) is 29.7. The highest BCUT2D eigenvalue weighted by atomic mass is 19.1. The highest BCUT2D eigenvalue weighted by Crippen LogP contribution is 2.23. The van der Waals surface area contributed by atoms with Gasteiger partial charge < -0.3 is 14.6 Å². The Balaban J connectivity index is 1.92. The molecule has 0 atom stereocenters. The second kappa shape index (κ2) is 9.12. The number of benzene rings is 1. The van der Waals surface area contributed by atoms with Crippen LogP contribution >= 0.6 is 0 Å². The lowest BCUT2D eigenvalue weighted by atomic mass is 10.2. The molecule has 26 heavy (non-hydrogen) atoms. The average Bonchev–Trinajstić information content (AvgIpc) is 3.06. The van der Waals surface area contributed by atoms with Gasteiger partial charge in [0.05, 0.1) is 18.3 Å². The zero-order valence-electron chi connectivity index (χ0n) is 15.3. The summed E-state index contributed by atoms with van der Waals surface area (Å²) in [5.41, 5.74) is 0.332. The minimum Gasteiger partial charge on any atom is -0.441 e. The van der Waals surface area contributed by atoms with Gasteiger partial charge in [-0.2, -0.15) is 0 Å². The van der Waals surface area contributed by atoms with E-state index in [1.807, 2.05) is 20.8 Å². The van der Waals surface area contributed by atoms with E-state index in [0.29, 0.717) is 23.8 Å². The summed E-state index contributed by atoms with van der Waals surface area (Å²) in [7, 11) is 0. The summed E-state index contributed by atoms with van der Waals surface area (Å²) in [5.74, 6) is -0.0432. The van der Waals surface area contributed by atoms with Gasteiger partial charge in [-0.05, 0) is 32.9 Å². The number of oxazole rings is 1. The first-order valence-electron chi connectivity index (χ1n) is 8.67. The minimum atomic E-state index is -0.389. The van der Waals surface area contributed by atoms with Crippen LogP contribution in [0.25, 0.3) is 11.3 Å². The first kappa shape index (κ1) is 19.6. The van der Waals surface area contributed by atoms with Crippen molar-refractivity contribution in [3.63, 3.8) is 0 Å². The molecule has 1 heterocycles. The van der Waals surface area contributed by atoms with E-state index < -0.39 is 0 Å².